The summed E-state index contributed by atoms with van der Waals surface area (Å²) >= 11 is 6.10. The summed E-state index contributed by atoms with van der Waals surface area (Å²) in [6.45, 7) is 2.30. The Labute approximate surface area is 103 Å². The van der Waals surface area contributed by atoms with Crippen LogP contribution in [0.3, 0.4) is 0 Å². The van der Waals surface area contributed by atoms with E-state index in [4.69, 9.17) is 16.3 Å². The van der Waals surface area contributed by atoms with Crippen molar-refractivity contribution >= 4 is 11.6 Å². The van der Waals surface area contributed by atoms with Crippen molar-refractivity contribution in [3.63, 3.8) is 0 Å². The molecule has 0 bridgehead atoms. The molecule has 94 valence electrons. The van der Waals surface area contributed by atoms with Crippen LogP contribution in [0.1, 0.15) is 24.3 Å². The molecule has 1 aliphatic rings. The Bertz CT molecular complexity index is 424. The van der Waals surface area contributed by atoms with E-state index in [1.54, 1.807) is 0 Å². The maximum atomic E-state index is 13.5. The molecule has 1 aromatic carbocycles. The smallest absolute Gasteiger partial charge is 0.161 e. The summed E-state index contributed by atoms with van der Waals surface area (Å²) in [7, 11) is 0. The van der Waals surface area contributed by atoms with Crippen molar-refractivity contribution in [3.8, 4) is 0 Å². The number of rotatable bonds is 2. The average Bonchev–Trinajstić information content (AvgIpc) is 2.69. The van der Waals surface area contributed by atoms with E-state index in [2.05, 4.69) is 0 Å². The van der Waals surface area contributed by atoms with E-state index in [1.807, 2.05) is 6.92 Å². The van der Waals surface area contributed by atoms with Gasteiger partial charge in [0.1, 0.15) is 5.82 Å². The van der Waals surface area contributed by atoms with E-state index in [1.165, 1.54) is 0 Å². The number of hydrogen-bond donors (Lipinski definition) is 0. The Kier molecular flexibility index (Phi) is 3.64. The molecule has 5 heteroatoms. The Morgan fingerprint density at radius 1 is 1.24 bits per heavy atom. The molecule has 3 unspecified atom stereocenters. The molecule has 0 amide bonds. The molecule has 1 aromatic rings. The molecular formula is C12H12ClF3O. The van der Waals surface area contributed by atoms with E-state index < -0.39 is 22.8 Å². The minimum atomic E-state index is -1.20. The minimum Gasteiger partial charge on any atom is -0.378 e. The number of alkyl halides is 1. The normalized spacial score (nSPS) is 26.2. The van der Waals surface area contributed by atoms with Gasteiger partial charge in [-0.25, -0.2) is 13.2 Å². The molecule has 1 aliphatic heterocycles. The first kappa shape index (κ1) is 12.7. The first-order valence-electron chi connectivity index (χ1n) is 5.39. The van der Waals surface area contributed by atoms with Crippen LogP contribution >= 0.6 is 11.6 Å². The van der Waals surface area contributed by atoms with Crippen LogP contribution in [0.25, 0.3) is 0 Å². The first-order valence-corrected chi connectivity index (χ1v) is 5.82. The first-order chi connectivity index (χ1) is 7.99. The van der Waals surface area contributed by atoms with Gasteiger partial charge in [-0.15, -0.1) is 11.6 Å². The highest BCUT2D eigenvalue weighted by molar-refractivity contribution is 6.21. The predicted octanol–water partition coefficient (Wildman–Crippen LogP) is 3.81. The van der Waals surface area contributed by atoms with Gasteiger partial charge in [0.05, 0.1) is 18.1 Å². The third kappa shape index (κ3) is 2.58. The summed E-state index contributed by atoms with van der Waals surface area (Å²) in [5.41, 5.74) is -0.00623. The van der Waals surface area contributed by atoms with Crippen molar-refractivity contribution in [1.82, 2.24) is 0 Å². The second kappa shape index (κ2) is 4.86. The summed E-state index contributed by atoms with van der Waals surface area (Å²) in [5.74, 6) is -3.18. The highest BCUT2D eigenvalue weighted by Crippen LogP contribution is 2.38. The summed E-state index contributed by atoms with van der Waals surface area (Å²) in [5, 5.41) is -0.699. The van der Waals surface area contributed by atoms with Crippen molar-refractivity contribution in [2.45, 2.75) is 24.8 Å². The van der Waals surface area contributed by atoms with Crippen molar-refractivity contribution < 1.29 is 17.9 Å². The standard InChI is InChI=1S/C12H12ClF3O/c1-6-2-7(5-17-6)12(13)8-3-10(15)11(16)4-9(8)14/h3-4,6-7,12H,2,5H2,1H3. The second-order valence-corrected chi connectivity index (χ2v) is 4.80. The summed E-state index contributed by atoms with van der Waals surface area (Å²) < 4.78 is 44.7. The molecular weight excluding hydrogens is 253 g/mol. The lowest BCUT2D eigenvalue weighted by Crippen LogP contribution is -2.10. The molecule has 0 aliphatic carbocycles. The predicted molar refractivity (Wildman–Crippen MR) is 58.4 cm³/mol. The Morgan fingerprint density at radius 3 is 2.47 bits per heavy atom. The van der Waals surface area contributed by atoms with E-state index in [9.17, 15) is 13.2 Å². The van der Waals surface area contributed by atoms with E-state index >= 15 is 0 Å². The number of ether oxygens (including phenoxy) is 1. The van der Waals surface area contributed by atoms with Crippen molar-refractivity contribution in [2.24, 2.45) is 5.92 Å². The van der Waals surface area contributed by atoms with Gasteiger partial charge >= 0.3 is 0 Å². The van der Waals surface area contributed by atoms with Crippen molar-refractivity contribution in [2.75, 3.05) is 6.61 Å². The topological polar surface area (TPSA) is 9.23 Å². The van der Waals surface area contributed by atoms with Gasteiger partial charge in [-0.1, -0.05) is 0 Å². The number of hydrogen-bond acceptors (Lipinski definition) is 1. The molecule has 1 nitrogen and oxygen atoms in total. The third-order valence-electron chi connectivity index (χ3n) is 2.98. The fourth-order valence-electron chi connectivity index (χ4n) is 2.06. The fourth-order valence-corrected chi connectivity index (χ4v) is 2.40. The molecule has 1 heterocycles. The molecule has 3 atom stereocenters. The maximum absolute atomic E-state index is 13.5. The molecule has 0 spiro atoms. The monoisotopic (exact) mass is 264 g/mol. The lowest BCUT2D eigenvalue weighted by Gasteiger charge is -2.16. The van der Waals surface area contributed by atoms with Gasteiger partial charge in [0.2, 0.25) is 0 Å². The van der Waals surface area contributed by atoms with Gasteiger partial charge in [0.15, 0.2) is 11.6 Å². The van der Waals surface area contributed by atoms with Crippen LogP contribution in [0, 0.1) is 23.4 Å². The molecule has 0 aromatic heterocycles. The molecule has 0 radical (unpaired) electrons. The Hall–Kier alpha value is -0.740. The van der Waals surface area contributed by atoms with E-state index in [-0.39, 0.29) is 17.6 Å². The Balaban J connectivity index is 2.24. The molecule has 1 fully saturated rings. The lowest BCUT2D eigenvalue weighted by atomic mass is 9.96. The lowest BCUT2D eigenvalue weighted by molar-refractivity contribution is 0.119. The quantitative estimate of drug-likeness (QED) is 0.583. The van der Waals surface area contributed by atoms with Crippen LogP contribution < -0.4 is 0 Å². The number of halogens is 4. The molecule has 1 saturated heterocycles. The highest BCUT2D eigenvalue weighted by Gasteiger charge is 2.31. The van der Waals surface area contributed by atoms with Gasteiger partial charge in [0.25, 0.3) is 0 Å². The zero-order valence-corrected chi connectivity index (χ0v) is 9.98. The van der Waals surface area contributed by atoms with Crippen molar-refractivity contribution in [3.05, 3.63) is 35.1 Å². The molecule has 2 rings (SSSR count). The van der Waals surface area contributed by atoms with Crippen LogP contribution in [-0.4, -0.2) is 12.7 Å². The summed E-state index contributed by atoms with van der Waals surface area (Å²) in [4.78, 5) is 0. The van der Waals surface area contributed by atoms with E-state index in [0.29, 0.717) is 19.1 Å². The Morgan fingerprint density at radius 2 is 1.88 bits per heavy atom. The van der Waals surface area contributed by atoms with Gasteiger partial charge in [0, 0.05) is 17.5 Å². The van der Waals surface area contributed by atoms with Crippen LogP contribution in [0.15, 0.2) is 12.1 Å². The van der Waals surface area contributed by atoms with Crippen LogP contribution in [0.5, 0.6) is 0 Å². The van der Waals surface area contributed by atoms with Crippen molar-refractivity contribution in [1.29, 1.82) is 0 Å². The maximum Gasteiger partial charge on any atom is 0.161 e. The van der Waals surface area contributed by atoms with Gasteiger partial charge < -0.3 is 4.74 Å². The van der Waals surface area contributed by atoms with Crippen LogP contribution in [0.4, 0.5) is 13.2 Å². The highest BCUT2D eigenvalue weighted by atomic mass is 35.5. The van der Waals surface area contributed by atoms with E-state index in [0.717, 1.165) is 6.07 Å². The molecule has 0 N–H and O–H groups in total. The average molecular weight is 265 g/mol. The van der Waals surface area contributed by atoms with Crippen LogP contribution in [-0.2, 0) is 4.74 Å². The SMILES string of the molecule is CC1CC(C(Cl)c2cc(F)c(F)cc2F)CO1. The fraction of sp³-hybridized carbons (Fsp3) is 0.500. The molecule has 0 saturated carbocycles. The summed E-state index contributed by atoms with van der Waals surface area (Å²) in [6, 6.07) is 1.35. The zero-order chi connectivity index (χ0) is 12.6. The number of benzene rings is 1. The zero-order valence-electron chi connectivity index (χ0n) is 9.22. The van der Waals surface area contributed by atoms with Gasteiger partial charge in [-0.2, -0.15) is 0 Å². The minimum absolute atomic E-state index is 0.00623. The van der Waals surface area contributed by atoms with Gasteiger partial charge in [-0.05, 0) is 19.4 Å². The van der Waals surface area contributed by atoms with Crippen LogP contribution in [0.2, 0.25) is 0 Å². The van der Waals surface area contributed by atoms with Gasteiger partial charge in [-0.3, -0.25) is 0 Å². The third-order valence-corrected chi connectivity index (χ3v) is 3.57. The summed E-state index contributed by atoms with van der Waals surface area (Å²) in [6.07, 6.45) is 0.752. The second-order valence-electron chi connectivity index (χ2n) is 4.33. The largest absolute Gasteiger partial charge is 0.378 e. The molecule has 17 heavy (non-hydrogen) atoms.